The number of unbranched alkanes of at least 4 members (excludes halogenated alkanes) is 17. The first-order chi connectivity index (χ1) is 28.4. The summed E-state index contributed by atoms with van der Waals surface area (Å²) in [5.74, 6) is -2.21. The molecule has 1 aliphatic heterocycles. The molecule has 0 radical (unpaired) electrons. The van der Waals surface area contributed by atoms with Crippen LogP contribution in [0.1, 0.15) is 180 Å². The Morgan fingerprint density at radius 1 is 0.712 bits per heavy atom. The number of carboxylic acids is 2. The van der Waals surface area contributed by atoms with Crippen LogP contribution in [0.25, 0.3) is 0 Å². The Kier molecular flexibility index (Phi) is 37.3. The average molecular weight is 875 g/mol. The summed E-state index contributed by atoms with van der Waals surface area (Å²) in [6.45, 7) is 3.92. The quantitative estimate of drug-likeness (QED) is 0.0204. The van der Waals surface area contributed by atoms with Crippen LogP contribution < -0.4 is 31.3 Å². The van der Waals surface area contributed by atoms with Gasteiger partial charge in [-0.25, -0.2) is 4.79 Å². The van der Waals surface area contributed by atoms with Crippen molar-refractivity contribution in [3.63, 3.8) is 0 Å². The van der Waals surface area contributed by atoms with Gasteiger partial charge in [0.25, 0.3) is 0 Å². The van der Waals surface area contributed by atoms with Crippen molar-refractivity contribution in [1.29, 1.82) is 0 Å². The molecule has 1 fully saturated rings. The van der Waals surface area contributed by atoms with Gasteiger partial charge in [0.05, 0.1) is 12.1 Å². The van der Waals surface area contributed by atoms with E-state index in [1.54, 1.807) is 0 Å². The minimum Gasteiger partial charge on any atom is -0.481 e. The molecule has 4 amide bonds. The summed E-state index contributed by atoms with van der Waals surface area (Å²) in [7, 11) is 0. The molecule has 8 N–H and O–H groups in total. The molecule has 1 saturated heterocycles. The number of rotatable bonds is 38. The second-order valence-corrected chi connectivity index (χ2v) is 16.3. The van der Waals surface area contributed by atoms with Gasteiger partial charge in [-0.3, -0.25) is 33.5 Å². The van der Waals surface area contributed by atoms with Crippen molar-refractivity contribution in [3.8, 4) is 0 Å². The molecule has 1 heterocycles. The summed E-state index contributed by atoms with van der Waals surface area (Å²) >= 11 is 7.72. The molecule has 342 valence electrons. The van der Waals surface area contributed by atoms with Crippen LogP contribution in [0.4, 0.5) is 0 Å². The number of hydrogen-bond acceptors (Lipinski definition) is 10. The molecule has 1 aliphatic rings. The Bertz CT molecular complexity index is 1170. The molecule has 15 nitrogen and oxygen atoms in total. The third-order valence-electron chi connectivity index (χ3n) is 10.4. The van der Waals surface area contributed by atoms with Gasteiger partial charge in [-0.15, -0.1) is 12.6 Å². The van der Waals surface area contributed by atoms with Crippen LogP contribution >= 0.6 is 25.4 Å². The van der Waals surface area contributed by atoms with Gasteiger partial charge < -0.3 is 36.8 Å². The monoisotopic (exact) mass is 875 g/mol. The molecule has 4 unspecified atom stereocenters. The zero-order valence-corrected chi connectivity index (χ0v) is 37.5. The number of aliphatic carboxylic acids is 2. The van der Waals surface area contributed by atoms with Gasteiger partial charge in [-0.2, -0.15) is 0 Å². The molecule has 0 bridgehead atoms. The smallest absolute Gasteiger partial charge is 0.326 e. The largest absolute Gasteiger partial charge is 0.481 e. The maximum absolute atomic E-state index is 12.1. The Hall–Kier alpha value is -2.89. The van der Waals surface area contributed by atoms with Gasteiger partial charge in [-0.1, -0.05) is 116 Å². The lowest BCUT2D eigenvalue weighted by Crippen LogP contribution is -2.58. The molecule has 0 aromatic carbocycles. The number of piperazine rings is 1. The van der Waals surface area contributed by atoms with Crippen LogP contribution in [-0.4, -0.2) is 95.2 Å². The fraction of sp³-hybridized carbons (Fsp3) is 0.833. The number of hydrogen-bond donors (Lipinski definition) is 10. The van der Waals surface area contributed by atoms with Crippen LogP contribution in [0.15, 0.2) is 0 Å². The predicted octanol–water partition coefficient (Wildman–Crippen LogP) is 5.76. The van der Waals surface area contributed by atoms with Crippen LogP contribution in [-0.2, 0) is 33.6 Å². The van der Waals surface area contributed by atoms with Crippen LogP contribution in [0.5, 0.6) is 0 Å². The molecule has 0 aliphatic carbocycles. The van der Waals surface area contributed by atoms with E-state index in [2.05, 4.69) is 63.7 Å². The average Bonchev–Trinajstić information content (AvgIpc) is 3.20. The molecule has 4 atom stereocenters. The summed E-state index contributed by atoms with van der Waals surface area (Å²) in [6.07, 6.45) is 25.1. The molecule has 0 saturated carbocycles. The lowest BCUT2D eigenvalue weighted by molar-refractivity contribution is -0.142. The molecule has 1 rings (SSSR count). The summed E-state index contributed by atoms with van der Waals surface area (Å²) in [6, 6.07) is -1.49. The highest BCUT2D eigenvalue weighted by Crippen LogP contribution is 2.15. The third-order valence-corrected chi connectivity index (χ3v) is 11.0. The molecular weight excluding hydrogens is 797 g/mol. The Labute approximate surface area is 364 Å². The topological polar surface area (TPSA) is 232 Å². The first-order valence-electron chi connectivity index (χ1n) is 22.3. The highest BCUT2D eigenvalue weighted by Gasteiger charge is 2.28. The number of carbonyl (C=O) groups excluding carboxylic acids is 5. The maximum atomic E-state index is 12.1. The van der Waals surface area contributed by atoms with E-state index in [-0.39, 0.29) is 53.8 Å². The fourth-order valence-electron chi connectivity index (χ4n) is 6.76. The molecule has 0 aromatic heterocycles. The van der Waals surface area contributed by atoms with Gasteiger partial charge in [0.1, 0.15) is 6.04 Å². The molecule has 0 aromatic rings. The number of carboxylic acid groups (broad SMARTS) is 2. The minimum atomic E-state index is -1.10. The van der Waals surface area contributed by atoms with Crippen molar-refractivity contribution < 1.29 is 43.8 Å². The Balaban J connectivity index is 0.00000129. The SMILES string of the molecule is CCCCCCNC(=O)CCC(NC(=O)CCCCCCCCCCCCCCCCC(=O)O)C(=O)O.O=CNCCCCC1NC(CCC(NS)C(=O)S)CNC1=O. The van der Waals surface area contributed by atoms with Crippen LogP contribution in [0, 0.1) is 0 Å². The van der Waals surface area contributed by atoms with Crippen LogP contribution in [0.2, 0.25) is 0 Å². The number of carbonyl (C=O) groups is 7. The normalized spacial score (nSPS) is 15.8. The van der Waals surface area contributed by atoms with E-state index in [1.165, 1.54) is 44.9 Å². The number of amides is 4. The molecule has 17 heteroatoms. The highest BCUT2D eigenvalue weighted by molar-refractivity contribution is 7.96. The lowest BCUT2D eigenvalue weighted by Gasteiger charge is -2.31. The van der Waals surface area contributed by atoms with E-state index in [9.17, 15) is 38.7 Å². The third kappa shape index (κ3) is 34.5. The van der Waals surface area contributed by atoms with Crippen molar-refractivity contribution in [2.75, 3.05) is 19.6 Å². The van der Waals surface area contributed by atoms with E-state index in [0.29, 0.717) is 45.3 Å². The highest BCUT2D eigenvalue weighted by atomic mass is 32.1. The minimum absolute atomic E-state index is 0.00809. The first kappa shape index (κ1) is 56.1. The van der Waals surface area contributed by atoms with Crippen LogP contribution in [0.3, 0.4) is 0 Å². The zero-order valence-electron chi connectivity index (χ0n) is 35.7. The molecular formula is C42H78N6O9S2. The Morgan fingerprint density at radius 3 is 1.80 bits per heavy atom. The number of nitrogens with one attached hydrogen (secondary N) is 6. The van der Waals surface area contributed by atoms with Gasteiger partial charge in [0, 0.05) is 44.9 Å². The fourth-order valence-corrected chi connectivity index (χ4v) is 7.30. The lowest BCUT2D eigenvalue weighted by atomic mass is 10.0. The zero-order chi connectivity index (χ0) is 43.9. The van der Waals surface area contributed by atoms with E-state index >= 15 is 0 Å². The summed E-state index contributed by atoms with van der Waals surface area (Å²) in [5, 5.41) is 31.9. The standard InChI is InChI=1S/C29H54N2O6.C13H24N4O3S2/c1-2-3-4-19-24-30-26(32)23-22-25(29(36)37)31-27(33)20-17-15-13-11-9-7-5-6-8-10-12-14-16-18-21-28(34)35;18-8-14-6-2-1-3-10-12(19)15-7-9(16-10)4-5-11(17-22)13(20)21/h25H,2-24H2,1H3,(H,30,32)(H,31,33)(H,34,35)(H,36,37);8-11,16-17,22H,1-7H2,(H,14,18)(H,15,19)(H,20,21). The second kappa shape index (κ2) is 39.3. The van der Waals surface area contributed by atoms with E-state index in [4.69, 9.17) is 5.11 Å². The summed E-state index contributed by atoms with van der Waals surface area (Å²) in [4.78, 5) is 79.1. The van der Waals surface area contributed by atoms with Gasteiger partial charge in [0.15, 0.2) is 0 Å². The van der Waals surface area contributed by atoms with Crippen molar-refractivity contribution in [2.24, 2.45) is 0 Å². The van der Waals surface area contributed by atoms with Gasteiger partial charge in [0.2, 0.25) is 29.2 Å². The second-order valence-electron chi connectivity index (χ2n) is 15.6. The van der Waals surface area contributed by atoms with Crippen molar-refractivity contribution >= 4 is 66.6 Å². The first-order valence-corrected chi connectivity index (χ1v) is 23.2. The predicted molar refractivity (Wildman–Crippen MR) is 238 cm³/mol. The van der Waals surface area contributed by atoms with Crippen molar-refractivity contribution in [3.05, 3.63) is 0 Å². The van der Waals surface area contributed by atoms with Crippen molar-refractivity contribution in [2.45, 2.75) is 204 Å². The summed E-state index contributed by atoms with van der Waals surface area (Å²) < 4.78 is 2.63. The van der Waals surface area contributed by atoms with Gasteiger partial charge in [-0.05, 0) is 57.8 Å². The van der Waals surface area contributed by atoms with E-state index in [0.717, 1.165) is 96.3 Å². The number of thiol groups is 2. The van der Waals surface area contributed by atoms with Gasteiger partial charge >= 0.3 is 11.9 Å². The molecule has 59 heavy (non-hydrogen) atoms. The maximum Gasteiger partial charge on any atom is 0.326 e. The van der Waals surface area contributed by atoms with E-state index in [1.807, 2.05) is 0 Å². The summed E-state index contributed by atoms with van der Waals surface area (Å²) in [5.41, 5.74) is 0. The van der Waals surface area contributed by atoms with E-state index < -0.39 is 18.0 Å². The Morgan fingerprint density at radius 2 is 1.27 bits per heavy atom. The molecule has 0 spiro atoms. The van der Waals surface area contributed by atoms with Crippen molar-refractivity contribution in [1.82, 2.24) is 31.3 Å².